The molecule has 0 saturated carbocycles. The molecule has 2 rings (SSSR count). The molecule has 0 N–H and O–H groups in total. The fourth-order valence-electron chi connectivity index (χ4n) is 4.22. The number of alkyl halides is 1. The Bertz CT molecular complexity index is 1130. The molecule has 2 aliphatic rings. The zero-order valence-corrected chi connectivity index (χ0v) is 24.6. The van der Waals surface area contributed by atoms with Crippen LogP contribution in [0.15, 0.2) is 10.2 Å². The average Bonchev–Trinajstić information content (AvgIpc) is 2.88. The first-order valence-electron chi connectivity index (χ1n) is 12.3. The van der Waals surface area contributed by atoms with Crippen LogP contribution in [0.2, 0.25) is 0 Å². The second-order valence-corrected chi connectivity index (χ2v) is 9.79. The van der Waals surface area contributed by atoms with Crippen molar-refractivity contribution in [3.63, 3.8) is 0 Å². The highest BCUT2D eigenvalue weighted by molar-refractivity contribution is 9.09. The van der Waals surface area contributed by atoms with Crippen LogP contribution < -0.4 is 0 Å². The lowest BCUT2D eigenvalue weighted by Crippen LogP contribution is -2.65. The molecule has 20 heteroatoms. The highest BCUT2D eigenvalue weighted by atomic mass is 79.9. The van der Waals surface area contributed by atoms with Gasteiger partial charge < -0.3 is 37.9 Å². The Morgan fingerprint density at radius 2 is 1.10 bits per heavy atom. The van der Waals surface area contributed by atoms with Crippen LogP contribution in [0.4, 0.5) is 0 Å². The lowest BCUT2D eigenvalue weighted by Gasteiger charge is -2.47. The lowest BCUT2D eigenvalue weighted by molar-refractivity contribution is -0.305. The number of halogens is 1. The Kier molecular flexibility index (Phi) is 13.2. The van der Waals surface area contributed by atoms with Crippen LogP contribution in [-0.4, -0.2) is 103 Å². The minimum atomic E-state index is -1.68. The molecule has 10 atom stereocenters. The normalized spacial score (nSPS) is 32.1. The smallest absolute Gasteiger partial charge is 0.303 e. The predicted molar refractivity (Wildman–Crippen MR) is 137 cm³/mol. The largest absolute Gasteiger partial charge is 0.463 e. The van der Waals surface area contributed by atoms with Crippen LogP contribution in [0.3, 0.4) is 0 Å². The molecule has 0 bridgehead atoms. The van der Waals surface area contributed by atoms with Crippen molar-refractivity contribution in [2.45, 2.75) is 94.6 Å². The van der Waals surface area contributed by atoms with Gasteiger partial charge in [-0.2, -0.15) is 0 Å². The molecule has 0 unspecified atom stereocenters. The Labute approximate surface area is 246 Å². The molecule has 42 heavy (non-hydrogen) atoms. The molecule has 2 aliphatic heterocycles. The van der Waals surface area contributed by atoms with Gasteiger partial charge in [0.1, 0.15) is 48.6 Å². The summed E-state index contributed by atoms with van der Waals surface area (Å²) in [6, 6.07) is -2.82. The molecule has 2 saturated heterocycles. The summed E-state index contributed by atoms with van der Waals surface area (Å²) < 4.78 is 43.9. The van der Waals surface area contributed by atoms with E-state index in [4.69, 9.17) is 37.9 Å². The summed E-state index contributed by atoms with van der Waals surface area (Å²) in [5.41, 5.74) is 18.6. The minimum Gasteiger partial charge on any atom is -0.463 e. The van der Waals surface area contributed by atoms with Gasteiger partial charge in [0.25, 0.3) is 0 Å². The van der Waals surface area contributed by atoms with Gasteiger partial charge in [-0.1, -0.05) is 26.2 Å². The van der Waals surface area contributed by atoms with Crippen LogP contribution in [0.25, 0.3) is 20.9 Å². The molecule has 0 spiro atoms. The Morgan fingerprint density at radius 3 is 1.55 bits per heavy atom. The van der Waals surface area contributed by atoms with E-state index in [0.717, 1.165) is 34.6 Å². The SMILES string of the molecule is CC(=O)OC[C@H]1O[C@H](Br)[C@H](N=[N+]=[N-])[C@@H](O[C@H]2O[C@H](COC(C)=O)[C@H](OC(C)=O)[C@H](OC(C)=O)[C@H]2N=[N+]=[N-])[C@H]1OC(C)=O. The quantitative estimate of drug-likeness (QED) is 0.0758. The molecule has 2 heterocycles. The summed E-state index contributed by atoms with van der Waals surface area (Å²) in [4.78, 5) is 64.6. The van der Waals surface area contributed by atoms with Crippen molar-refractivity contribution in [1.82, 2.24) is 0 Å². The maximum absolute atomic E-state index is 12.1. The molecule has 0 aromatic heterocycles. The number of ether oxygens (including phenoxy) is 8. The summed E-state index contributed by atoms with van der Waals surface area (Å²) in [6.07, 6.45) is -9.96. The lowest BCUT2D eigenvalue weighted by atomic mass is 9.95. The van der Waals surface area contributed by atoms with Gasteiger partial charge in [-0.05, 0) is 11.1 Å². The fourth-order valence-corrected chi connectivity index (χ4v) is 4.90. The van der Waals surface area contributed by atoms with Crippen LogP contribution in [-0.2, 0) is 61.9 Å². The van der Waals surface area contributed by atoms with E-state index in [-0.39, 0.29) is 0 Å². The molecule has 0 aromatic carbocycles. The summed E-state index contributed by atoms with van der Waals surface area (Å²) in [5, 5.41) is 6.23. The summed E-state index contributed by atoms with van der Waals surface area (Å²) >= 11 is 3.23. The Balaban J connectivity index is 2.63. The van der Waals surface area contributed by atoms with Crippen molar-refractivity contribution in [3.8, 4) is 0 Å². The summed E-state index contributed by atoms with van der Waals surface area (Å²) in [7, 11) is 0. The number of rotatable bonds is 11. The monoisotopic (exact) mass is 664 g/mol. The standard InChI is InChI=1S/C22H29BrN6O13/c1-8(30)35-6-13-17(37-10(3)32)19(15(26-28-24)21(23)40-13)42-22-16(27-29-25)20(39-12(5)34)18(38-11(4)33)14(41-22)7-36-9(2)31/h13-22H,6-7H2,1-5H3/t13-,14-,15-,16-,17+,18+,19-,20-,21+,22-/m1/s1. The van der Waals surface area contributed by atoms with Gasteiger partial charge in [0, 0.05) is 44.4 Å². The van der Waals surface area contributed by atoms with E-state index in [2.05, 4.69) is 36.0 Å². The van der Waals surface area contributed by atoms with Gasteiger partial charge in [0.05, 0.1) is 0 Å². The van der Waals surface area contributed by atoms with E-state index in [1.165, 1.54) is 0 Å². The van der Waals surface area contributed by atoms with Gasteiger partial charge in [-0.3, -0.25) is 24.0 Å². The third-order valence-electron chi connectivity index (χ3n) is 5.68. The fraction of sp³-hybridized carbons (Fsp3) is 0.773. The molecule has 2 fully saturated rings. The van der Waals surface area contributed by atoms with Crippen molar-refractivity contribution >= 4 is 45.8 Å². The highest BCUT2D eigenvalue weighted by Crippen LogP contribution is 2.36. The number of carbonyl (C=O) groups excluding carboxylic acids is 5. The van der Waals surface area contributed by atoms with Crippen molar-refractivity contribution in [1.29, 1.82) is 0 Å². The number of carbonyl (C=O) groups is 5. The number of azide groups is 2. The van der Waals surface area contributed by atoms with Gasteiger partial charge in [-0.15, -0.1) is 0 Å². The average molecular weight is 665 g/mol. The third-order valence-corrected chi connectivity index (χ3v) is 6.44. The zero-order valence-electron chi connectivity index (χ0n) is 23.1. The van der Waals surface area contributed by atoms with E-state index >= 15 is 0 Å². The van der Waals surface area contributed by atoms with Crippen molar-refractivity contribution in [3.05, 3.63) is 20.9 Å². The van der Waals surface area contributed by atoms with E-state index < -0.39 is 103 Å². The molecule has 0 radical (unpaired) electrons. The maximum Gasteiger partial charge on any atom is 0.303 e. The van der Waals surface area contributed by atoms with Crippen molar-refractivity contribution < 1.29 is 61.9 Å². The number of hydrogen-bond donors (Lipinski definition) is 0. The Morgan fingerprint density at radius 1 is 0.667 bits per heavy atom. The zero-order chi connectivity index (χ0) is 31.6. The third kappa shape index (κ3) is 9.71. The van der Waals surface area contributed by atoms with Crippen molar-refractivity contribution in [2.75, 3.05) is 13.2 Å². The highest BCUT2D eigenvalue weighted by Gasteiger charge is 2.55. The summed E-state index contributed by atoms with van der Waals surface area (Å²) in [6.45, 7) is 4.51. The summed E-state index contributed by atoms with van der Waals surface area (Å²) in [5.74, 6) is -3.90. The first kappa shape index (κ1) is 34.5. The second kappa shape index (κ2) is 16.1. The van der Waals surface area contributed by atoms with Gasteiger partial charge in [0.15, 0.2) is 24.6 Å². The molecule has 0 amide bonds. The Hall–Kier alpha value is -3.67. The molecular weight excluding hydrogens is 636 g/mol. The number of nitrogens with zero attached hydrogens (tertiary/aromatic N) is 6. The minimum absolute atomic E-state index is 0.413. The van der Waals surface area contributed by atoms with E-state index in [1.807, 2.05) is 0 Å². The number of hydrogen-bond acceptors (Lipinski definition) is 15. The molecule has 0 aromatic rings. The van der Waals surface area contributed by atoms with Gasteiger partial charge in [0.2, 0.25) is 0 Å². The van der Waals surface area contributed by atoms with Crippen LogP contribution in [0, 0.1) is 0 Å². The van der Waals surface area contributed by atoms with Crippen LogP contribution in [0.1, 0.15) is 34.6 Å². The molecule has 19 nitrogen and oxygen atoms in total. The first-order chi connectivity index (χ1) is 19.8. The number of esters is 5. The van der Waals surface area contributed by atoms with Gasteiger partial charge >= 0.3 is 29.8 Å². The predicted octanol–water partition coefficient (Wildman–Crippen LogP) is 1.50. The van der Waals surface area contributed by atoms with E-state index in [1.54, 1.807) is 0 Å². The van der Waals surface area contributed by atoms with Crippen molar-refractivity contribution in [2.24, 2.45) is 10.2 Å². The van der Waals surface area contributed by atoms with Crippen LogP contribution >= 0.6 is 15.9 Å². The second-order valence-electron chi connectivity index (χ2n) is 8.89. The maximum atomic E-state index is 12.1. The first-order valence-corrected chi connectivity index (χ1v) is 13.2. The van der Waals surface area contributed by atoms with E-state index in [0.29, 0.717) is 0 Å². The molecular formula is C22H29BrN6O13. The topological polar surface area (TPSA) is 257 Å². The van der Waals surface area contributed by atoms with Crippen LogP contribution in [0.5, 0.6) is 0 Å². The molecule has 0 aliphatic carbocycles. The van der Waals surface area contributed by atoms with Gasteiger partial charge in [-0.25, -0.2) is 0 Å². The van der Waals surface area contributed by atoms with E-state index in [9.17, 15) is 35.0 Å². The molecule has 232 valence electrons.